The quantitative estimate of drug-likeness (QED) is 0.751. The van der Waals surface area contributed by atoms with Crippen LogP contribution in [0.15, 0.2) is 16.8 Å². The van der Waals surface area contributed by atoms with Gasteiger partial charge in [0.15, 0.2) is 0 Å². The van der Waals surface area contributed by atoms with Crippen LogP contribution in [-0.4, -0.2) is 19.8 Å². The van der Waals surface area contributed by atoms with Crippen LogP contribution in [0.25, 0.3) is 0 Å². The predicted molar refractivity (Wildman–Crippen MR) is 71.1 cm³/mol. The molecule has 0 radical (unpaired) electrons. The van der Waals surface area contributed by atoms with Crippen molar-refractivity contribution in [1.29, 1.82) is 0 Å². The molecule has 0 spiro atoms. The smallest absolute Gasteiger partial charge is 0.0543 e. The zero-order chi connectivity index (χ0) is 11.8. The van der Waals surface area contributed by atoms with Crippen LogP contribution in [0, 0.1) is 0 Å². The molecule has 0 bridgehead atoms. The molecule has 0 aliphatic heterocycles. The molecule has 2 nitrogen and oxygen atoms in total. The molecule has 1 N–H and O–H groups in total. The van der Waals surface area contributed by atoms with E-state index in [2.05, 4.69) is 36.0 Å². The van der Waals surface area contributed by atoms with Gasteiger partial charge >= 0.3 is 0 Å². The fraction of sp³-hybridized carbons (Fsp3) is 0.692. The van der Waals surface area contributed by atoms with Gasteiger partial charge in [0.2, 0.25) is 0 Å². The molecule has 0 saturated heterocycles. The van der Waals surface area contributed by atoms with Crippen molar-refractivity contribution in [3.8, 4) is 0 Å². The first-order chi connectivity index (χ1) is 7.77. The molecule has 0 aromatic carbocycles. The highest BCUT2D eigenvalue weighted by Gasteiger charge is 2.12. The third-order valence-corrected chi connectivity index (χ3v) is 3.55. The first kappa shape index (κ1) is 13.7. The Morgan fingerprint density at radius 2 is 2.25 bits per heavy atom. The van der Waals surface area contributed by atoms with Crippen LogP contribution < -0.4 is 5.32 Å². The number of thiophene rings is 1. The van der Waals surface area contributed by atoms with Crippen molar-refractivity contribution >= 4 is 11.3 Å². The van der Waals surface area contributed by atoms with E-state index >= 15 is 0 Å². The molecule has 2 unspecified atom stereocenters. The van der Waals surface area contributed by atoms with Crippen molar-refractivity contribution in [3.63, 3.8) is 0 Å². The van der Waals surface area contributed by atoms with Crippen LogP contribution in [0.3, 0.4) is 0 Å². The summed E-state index contributed by atoms with van der Waals surface area (Å²) in [5.74, 6) is 0. The Hall–Kier alpha value is -0.380. The minimum atomic E-state index is 0.351. The average Bonchev–Trinajstić information content (AvgIpc) is 2.82. The van der Waals surface area contributed by atoms with Gasteiger partial charge in [-0.05, 0) is 55.1 Å². The largest absolute Gasteiger partial charge is 0.382 e. The molecule has 3 heteroatoms. The monoisotopic (exact) mass is 241 g/mol. The molecule has 0 aliphatic carbocycles. The van der Waals surface area contributed by atoms with Gasteiger partial charge in [-0.1, -0.05) is 6.92 Å². The highest BCUT2D eigenvalue weighted by molar-refractivity contribution is 7.07. The normalized spacial score (nSPS) is 14.9. The number of hydrogen-bond acceptors (Lipinski definition) is 3. The molecule has 2 atom stereocenters. The van der Waals surface area contributed by atoms with Crippen LogP contribution in [0.5, 0.6) is 0 Å². The van der Waals surface area contributed by atoms with Gasteiger partial charge in [-0.3, -0.25) is 0 Å². The maximum Gasteiger partial charge on any atom is 0.0543 e. The van der Waals surface area contributed by atoms with Gasteiger partial charge in [-0.25, -0.2) is 0 Å². The zero-order valence-electron chi connectivity index (χ0n) is 10.5. The summed E-state index contributed by atoms with van der Waals surface area (Å²) in [6.45, 7) is 5.42. The number of ether oxygens (including phenoxy) is 1. The summed E-state index contributed by atoms with van der Waals surface area (Å²) >= 11 is 1.77. The molecule has 0 amide bonds. The van der Waals surface area contributed by atoms with Gasteiger partial charge in [0, 0.05) is 13.2 Å². The fourth-order valence-corrected chi connectivity index (χ4v) is 2.41. The lowest BCUT2D eigenvalue weighted by Gasteiger charge is -2.19. The summed E-state index contributed by atoms with van der Waals surface area (Å²) in [4.78, 5) is 0. The minimum absolute atomic E-state index is 0.351. The molecule has 0 aliphatic rings. The van der Waals surface area contributed by atoms with Crippen LogP contribution in [0.2, 0.25) is 0 Å². The van der Waals surface area contributed by atoms with Crippen molar-refractivity contribution in [2.24, 2.45) is 0 Å². The van der Waals surface area contributed by atoms with Crippen molar-refractivity contribution in [2.75, 3.05) is 13.7 Å². The topological polar surface area (TPSA) is 21.3 Å². The first-order valence-electron chi connectivity index (χ1n) is 6.06. The second kappa shape index (κ2) is 7.82. The van der Waals surface area contributed by atoms with E-state index in [4.69, 9.17) is 4.74 Å². The number of methoxy groups -OCH3 is 1. The molecule has 1 heterocycles. The molecule has 0 saturated carbocycles. The molecule has 0 fully saturated rings. The third-order valence-electron chi connectivity index (χ3n) is 2.85. The number of nitrogens with one attached hydrogen (secondary N) is 1. The van der Waals surface area contributed by atoms with E-state index in [0.717, 1.165) is 19.4 Å². The van der Waals surface area contributed by atoms with Gasteiger partial charge in [0.1, 0.15) is 0 Å². The maximum absolute atomic E-state index is 5.30. The summed E-state index contributed by atoms with van der Waals surface area (Å²) in [5, 5.41) is 7.99. The van der Waals surface area contributed by atoms with Crippen LogP contribution >= 0.6 is 11.3 Å². The van der Waals surface area contributed by atoms with Gasteiger partial charge < -0.3 is 10.1 Å². The summed E-state index contributed by atoms with van der Waals surface area (Å²) in [5.41, 5.74) is 1.42. The van der Waals surface area contributed by atoms with Gasteiger partial charge in [-0.15, -0.1) is 0 Å². The van der Waals surface area contributed by atoms with Crippen molar-refractivity contribution in [2.45, 2.75) is 45.3 Å². The Bertz CT molecular complexity index is 261. The second-order valence-electron chi connectivity index (χ2n) is 4.19. The summed E-state index contributed by atoms with van der Waals surface area (Å²) < 4.78 is 5.30. The van der Waals surface area contributed by atoms with Gasteiger partial charge in [0.05, 0.1) is 6.10 Å². The summed E-state index contributed by atoms with van der Waals surface area (Å²) in [7, 11) is 1.78. The van der Waals surface area contributed by atoms with Crippen molar-refractivity contribution in [1.82, 2.24) is 5.32 Å². The lowest BCUT2D eigenvalue weighted by Crippen LogP contribution is -2.23. The Morgan fingerprint density at radius 1 is 1.44 bits per heavy atom. The number of rotatable bonds is 8. The van der Waals surface area contributed by atoms with E-state index in [-0.39, 0.29) is 0 Å². The summed E-state index contributed by atoms with van der Waals surface area (Å²) in [6.07, 6.45) is 3.78. The van der Waals surface area contributed by atoms with Crippen LogP contribution in [0.4, 0.5) is 0 Å². The highest BCUT2D eigenvalue weighted by Crippen LogP contribution is 2.22. The van der Waals surface area contributed by atoms with Gasteiger partial charge in [0.25, 0.3) is 0 Å². The standard InChI is InChI=1S/C13H23NOS/c1-4-8-14-13(6-5-11(2)15-3)12-7-9-16-10-12/h7,9-11,13-14H,4-6,8H2,1-3H3. The van der Waals surface area contributed by atoms with E-state index in [1.165, 1.54) is 12.0 Å². The lowest BCUT2D eigenvalue weighted by molar-refractivity contribution is 0.106. The molecule has 1 aromatic rings. The fourth-order valence-electron chi connectivity index (χ4n) is 1.70. The van der Waals surface area contributed by atoms with Crippen LogP contribution in [-0.2, 0) is 4.74 Å². The second-order valence-corrected chi connectivity index (χ2v) is 4.97. The van der Waals surface area contributed by atoms with E-state index in [9.17, 15) is 0 Å². The van der Waals surface area contributed by atoms with E-state index in [1.807, 2.05) is 0 Å². The zero-order valence-corrected chi connectivity index (χ0v) is 11.3. The number of hydrogen-bond donors (Lipinski definition) is 1. The average molecular weight is 241 g/mol. The third kappa shape index (κ3) is 4.64. The lowest BCUT2D eigenvalue weighted by atomic mass is 10.0. The minimum Gasteiger partial charge on any atom is -0.382 e. The Balaban J connectivity index is 2.44. The van der Waals surface area contributed by atoms with E-state index in [0.29, 0.717) is 12.1 Å². The van der Waals surface area contributed by atoms with Crippen molar-refractivity contribution < 1.29 is 4.74 Å². The van der Waals surface area contributed by atoms with E-state index < -0.39 is 0 Å². The van der Waals surface area contributed by atoms with E-state index in [1.54, 1.807) is 18.4 Å². The Morgan fingerprint density at radius 3 is 2.81 bits per heavy atom. The molecule has 1 rings (SSSR count). The molecular weight excluding hydrogens is 218 g/mol. The molecule has 1 aromatic heterocycles. The molecule has 92 valence electrons. The predicted octanol–water partition coefficient (Wildman–Crippen LogP) is 3.60. The molecule has 16 heavy (non-hydrogen) atoms. The maximum atomic E-state index is 5.30. The first-order valence-corrected chi connectivity index (χ1v) is 7.00. The Kier molecular flexibility index (Phi) is 6.69. The molecular formula is C13H23NOS. The van der Waals surface area contributed by atoms with Crippen molar-refractivity contribution in [3.05, 3.63) is 22.4 Å². The highest BCUT2D eigenvalue weighted by atomic mass is 32.1. The summed E-state index contributed by atoms with van der Waals surface area (Å²) in [6, 6.07) is 2.71. The van der Waals surface area contributed by atoms with Crippen LogP contribution in [0.1, 0.15) is 44.7 Å². The van der Waals surface area contributed by atoms with Gasteiger partial charge in [-0.2, -0.15) is 11.3 Å². The SMILES string of the molecule is CCCNC(CCC(C)OC)c1ccsc1. The Labute approximate surface area is 103 Å².